The Kier molecular flexibility index (Phi) is 5.57. The van der Waals surface area contributed by atoms with Gasteiger partial charge in [0.25, 0.3) is 0 Å². The van der Waals surface area contributed by atoms with Crippen molar-refractivity contribution >= 4 is 5.78 Å². The lowest BCUT2D eigenvalue weighted by atomic mass is 9.47. The summed E-state index contributed by atoms with van der Waals surface area (Å²) in [5, 5.41) is 10.2. The normalized spacial score (nSPS) is 45.4. The van der Waals surface area contributed by atoms with Gasteiger partial charge in [0.1, 0.15) is 0 Å². The highest BCUT2D eigenvalue weighted by atomic mass is 16.3. The van der Waals surface area contributed by atoms with Gasteiger partial charge in [0.05, 0.1) is 6.10 Å². The van der Waals surface area contributed by atoms with Crippen LogP contribution in [0.2, 0.25) is 0 Å². The minimum atomic E-state index is -0.237. The van der Waals surface area contributed by atoms with Gasteiger partial charge in [-0.15, -0.1) is 0 Å². The average molecular weight is 387 g/mol. The van der Waals surface area contributed by atoms with Crippen LogP contribution in [-0.2, 0) is 4.79 Å². The topological polar surface area (TPSA) is 37.3 Å². The molecule has 2 nitrogen and oxygen atoms in total. The van der Waals surface area contributed by atoms with E-state index >= 15 is 0 Å². The molecule has 0 aliphatic heterocycles. The van der Waals surface area contributed by atoms with Crippen LogP contribution < -0.4 is 0 Å². The molecule has 4 rings (SSSR count). The number of allylic oxidation sites excluding steroid dienone is 1. The third kappa shape index (κ3) is 3.32. The molecule has 3 saturated carbocycles. The molecule has 3 fully saturated rings. The number of hydrogen-bond donors (Lipinski definition) is 1. The van der Waals surface area contributed by atoms with Crippen LogP contribution >= 0.6 is 0 Å². The van der Waals surface area contributed by atoms with E-state index in [4.69, 9.17) is 0 Å². The van der Waals surface area contributed by atoms with Crippen LogP contribution in [0, 0.1) is 40.4 Å². The molecule has 0 heterocycles. The van der Waals surface area contributed by atoms with Gasteiger partial charge in [0.15, 0.2) is 5.78 Å². The van der Waals surface area contributed by atoms with Crippen molar-refractivity contribution in [2.24, 2.45) is 40.4 Å². The molecule has 0 aromatic heterocycles. The first-order valence-corrected chi connectivity index (χ1v) is 12.2. The quantitative estimate of drug-likeness (QED) is 0.561. The molecular formula is C26H42O2. The summed E-state index contributed by atoms with van der Waals surface area (Å²) >= 11 is 0. The Morgan fingerprint density at radius 2 is 1.86 bits per heavy atom. The van der Waals surface area contributed by atoms with E-state index in [0.29, 0.717) is 23.0 Å². The van der Waals surface area contributed by atoms with Crippen molar-refractivity contribution in [1.82, 2.24) is 0 Å². The first-order chi connectivity index (χ1) is 13.3. The van der Waals surface area contributed by atoms with Gasteiger partial charge >= 0.3 is 0 Å². The molecule has 28 heavy (non-hydrogen) atoms. The zero-order valence-corrected chi connectivity index (χ0v) is 18.7. The van der Waals surface area contributed by atoms with Crippen LogP contribution in [0.1, 0.15) is 98.3 Å². The second-order valence-electron chi connectivity index (χ2n) is 11.6. The van der Waals surface area contributed by atoms with Crippen molar-refractivity contribution in [3.63, 3.8) is 0 Å². The second-order valence-corrected chi connectivity index (χ2v) is 11.6. The number of aliphatic hydroxyl groups is 1. The number of rotatable bonds is 5. The van der Waals surface area contributed by atoms with E-state index in [1.165, 1.54) is 56.9 Å². The maximum absolute atomic E-state index is 13.3. The number of aliphatic hydroxyl groups excluding tert-OH is 1. The van der Waals surface area contributed by atoms with Gasteiger partial charge in [-0.05, 0) is 91.9 Å². The zero-order chi connectivity index (χ0) is 20.1. The first kappa shape index (κ1) is 20.6. The molecule has 1 N–H and O–H groups in total. The molecule has 4 aliphatic rings. The summed E-state index contributed by atoms with van der Waals surface area (Å²) in [4.78, 5) is 13.3. The smallest absolute Gasteiger partial charge is 0.159 e. The third-order valence-electron chi connectivity index (χ3n) is 9.70. The van der Waals surface area contributed by atoms with E-state index < -0.39 is 0 Å². The van der Waals surface area contributed by atoms with Gasteiger partial charge in [-0.25, -0.2) is 0 Å². The van der Waals surface area contributed by atoms with Gasteiger partial charge in [0.2, 0.25) is 0 Å². The van der Waals surface area contributed by atoms with Crippen molar-refractivity contribution < 1.29 is 9.90 Å². The van der Waals surface area contributed by atoms with Crippen LogP contribution in [0.25, 0.3) is 0 Å². The maximum Gasteiger partial charge on any atom is 0.159 e. The largest absolute Gasteiger partial charge is 0.393 e. The van der Waals surface area contributed by atoms with E-state index in [2.05, 4.69) is 27.7 Å². The predicted molar refractivity (Wildman–Crippen MR) is 115 cm³/mol. The Bertz CT molecular complexity index is 634. The van der Waals surface area contributed by atoms with Gasteiger partial charge in [0, 0.05) is 5.92 Å². The van der Waals surface area contributed by atoms with E-state index in [-0.39, 0.29) is 17.4 Å². The molecule has 0 aromatic rings. The SMILES string of the molecule is CC(C)CCCC[C@H]1CCC2C3C(=O)C=C4C[C@@H](O)CC[C@]4(C)C3CC[C@@]21C. The number of carbonyl (C=O) groups excluding carboxylic acids is 1. The molecule has 0 radical (unpaired) electrons. The van der Waals surface area contributed by atoms with E-state index in [9.17, 15) is 9.90 Å². The number of ketones is 1. The summed E-state index contributed by atoms with van der Waals surface area (Å²) in [6, 6.07) is 0. The van der Waals surface area contributed by atoms with Crippen LogP contribution in [0.4, 0.5) is 0 Å². The molecule has 158 valence electrons. The van der Waals surface area contributed by atoms with E-state index in [1.54, 1.807) is 0 Å². The van der Waals surface area contributed by atoms with Crippen molar-refractivity contribution in [2.75, 3.05) is 0 Å². The van der Waals surface area contributed by atoms with Crippen LogP contribution in [0.3, 0.4) is 0 Å². The van der Waals surface area contributed by atoms with Crippen molar-refractivity contribution in [3.8, 4) is 0 Å². The monoisotopic (exact) mass is 386 g/mol. The van der Waals surface area contributed by atoms with E-state index in [0.717, 1.165) is 31.1 Å². The highest BCUT2D eigenvalue weighted by Crippen LogP contribution is 2.66. The molecular weight excluding hydrogens is 344 g/mol. The molecule has 2 heteroatoms. The standard InChI is InChI=1S/C26H42O2/c1-17(2)7-5-6-8-18-9-10-21-24-22(12-14-25(18,21)3)26(4)13-11-20(27)15-19(26)16-23(24)28/h16-18,20-22,24,27H,5-15H2,1-4H3/t18-,20-,21?,22?,24?,25+,26-/m0/s1. The molecule has 7 atom stereocenters. The molecule has 4 aliphatic carbocycles. The van der Waals surface area contributed by atoms with Crippen molar-refractivity contribution in [3.05, 3.63) is 11.6 Å². The summed E-state index contributed by atoms with van der Waals surface area (Å²) < 4.78 is 0. The highest BCUT2D eigenvalue weighted by molar-refractivity contribution is 5.94. The maximum atomic E-state index is 13.3. The van der Waals surface area contributed by atoms with Crippen molar-refractivity contribution in [2.45, 2.75) is 104 Å². The van der Waals surface area contributed by atoms with Gasteiger partial charge in [-0.1, -0.05) is 52.5 Å². The molecule has 0 saturated heterocycles. The minimum absolute atomic E-state index is 0.161. The number of unbranched alkanes of at least 4 members (excludes halogenated alkanes) is 1. The summed E-state index contributed by atoms with van der Waals surface area (Å²) in [6.07, 6.45) is 15.1. The average Bonchev–Trinajstić information content (AvgIpc) is 2.96. The third-order valence-corrected chi connectivity index (χ3v) is 9.70. The fourth-order valence-corrected chi connectivity index (χ4v) is 7.91. The fourth-order valence-electron chi connectivity index (χ4n) is 7.91. The van der Waals surface area contributed by atoms with Gasteiger partial charge in [-0.3, -0.25) is 4.79 Å². The Labute approximate surface area is 172 Å². The Morgan fingerprint density at radius 1 is 1.07 bits per heavy atom. The van der Waals surface area contributed by atoms with Crippen LogP contribution in [0.15, 0.2) is 11.6 Å². The summed E-state index contributed by atoms with van der Waals surface area (Å²) in [7, 11) is 0. The second kappa shape index (κ2) is 7.56. The molecule has 0 bridgehead atoms. The number of hydrogen-bond acceptors (Lipinski definition) is 2. The Hall–Kier alpha value is -0.630. The predicted octanol–water partition coefficient (Wildman–Crippen LogP) is 6.32. The lowest BCUT2D eigenvalue weighted by Crippen LogP contribution is -2.53. The lowest BCUT2D eigenvalue weighted by molar-refractivity contribution is -0.134. The van der Waals surface area contributed by atoms with E-state index in [1.807, 2.05) is 6.08 Å². The fraction of sp³-hybridized carbons (Fsp3) is 0.885. The minimum Gasteiger partial charge on any atom is -0.393 e. The Balaban J connectivity index is 1.51. The summed E-state index contributed by atoms with van der Waals surface area (Å²) in [6.45, 7) is 9.61. The van der Waals surface area contributed by atoms with Crippen molar-refractivity contribution in [1.29, 1.82) is 0 Å². The molecule has 3 unspecified atom stereocenters. The molecule has 0 aromatic carbocycles. The number of carbonyl (C=O) groups is 1. The first-order valence-electron chi connectivity index (χ1n) is 12.2. The van der Waals surface area contributed by atoms with Gasteiger partial charge in [-0.2, -0.15) is 0 Å². The summed E-state index contributed by atoms with van der Waals surface area (Å²) in [5.41, 5.74) is 1.81. The number of fused-ring (bicyclic) bond motifs is 5. The Morgan fingerprint density at radius 3 is 2.61 bits per heavy atom. The molecule has 0 amide bonds. The van der Waals surface area contributed by atoms with Crippen LogP contribution in [-0.4, -0.2) is 17.0 Å². The highest BCUT2D eigenvalue weighted by Gasteiger charge is 2.60. The van der Waals surface area contributed by atoms with Gasteiger partial charge < -0.3 is 5.11 Å². The lowest BCUT2D eigenvalue weighted by Gasteiger charge is -2.57. The zero-order valence-electron chi connectivity index (χ0n) is 18.7. The van der Waals surface area contributed by atoms with Crippen LogP contribution in [0.5, 0.6) is 0 Å². The molecule has 0 spiro atoms. The summed E-state index contributed by atoms with van der Waals surface area (Å²) in [5.74, 6) is 3.41.